The Morgan fingerprint density at radius 3 is 2.83 bits per heavy atom. The number of hydrogen-bond donors (Lipinski definition) is 2. The summed E-state index contributed by atoms with van der Waals surface area (Å²) in [5.41, 5.74) is 1.10. The van der Waals surface area contributed by atoms with Crippen molar-refractivity contribution in [3.05, 3.63) is 21.9 Å². The number of carbonyl (C=O) groups excluding carboxylic acids is 1. The summed E-state index contributed by atoms with van der Waals surface area (Å²) >= 11 is 1.48. The van der Waals surface area contributed by atoms with Crippen LogP contribution in [0.1, 0.15) is 60.7 Å². The van der Waals surface area contributed by atoms with Crippen LogP contribution in [0.2, 0.25) is 0 Å². The Morgan fingerprint density at radius 2 is 2.17 bits per heavy atom. The molecule has 0 aliphatic heterocycles. The third-order valence-corrected chi connectivity index (χ3v) is 4.50. The van der Waals surface area contributed by atoms with Crippen molar-refractivity contribution < 1.29 is 9.90 Å². The van der Waals surface area contributed by atoms with Crippen molar-refractivity contribution in [2.24, 2.45) is 0 Å². The smallest absolute Gasteiger partial charge is 0.261 e. The SMILES string of the molecule is CC(C)c1ccsc1C(=O)NC1CCCCC1O. The summed E-state index contributed by atoms with van der Waals surface area (Å²) in [6.45, 7) is 4.18. The van der Waals surface area contributed by atoms with Gasteiger partial charge in [0.1, 0.15) is 0 Å². The van der Waals surface area contributed by atoms with Gasteiger partial charge >= 0.3 is 0 Å². The van der Waals surface area contributed by atoms with Gasteiger partial charge in [-0.15, -0.1) is 11.3 Å². The predicted molar refractivity (Wildman–Crippen MR) is 74.1 cm³/mol. The Morgan fingerprint density at radius 1 is 1.44 bits per heavy atom. The maximum Gasteiger partial charge on any atom is 0.261 e. The standard InChI is InChI=1S/C14H21NO2S/c1-9(2)10-7-8-18-13(10)14(17)15-11-5-3-4-6-12(11)16/h7-9,11-12,16H,3-6H2,1-2H3,(H,15,17). The molecule has 1 saturated carbocycles. The summed E-state index contributed by atoms with van der Waals surface area (Å²) in [4.78, 5) is 13.0. The van der Waals surface area contributed by atoms with Gasteiger partial charge < -0.3 is 10.4 Å². The van der Waals surface area contributed by atoms with Crippen LogP contribution in [0.5, 0.6) is 0 Å². The van der Waals surface area contributed by atoms with Crippen molar-refractivity contribution >= 4 is 17.2 Å². The molecule has 2 unspecified atom stereocenters. The highest BCUT2D eigenvalue weighted by molar-refractivity contribution is 7.12. The van der Waals surface area contributed by atoms with Gasteiger partial charge in [-0.1, -0.05) is 26.7 Å². The van der Waals surface area contributed by atoms with Crippen LogP contribution in [0.25, 0.3) is 0 Å². The Labute approximate surface area is 112 Å². The van der Waals surface area contributed by atoms with Crippen LogP contribution in [-0.2, 0) is 0 Å². The summed E-state index contributed by atoms with van der Waals surface area (Å²) in [5.74, 6) is 0.327. The van der Waals surface area contributed by atoms with E-state index in [1.165, 1.54) is 11.3 Å². The fourth-order valence-electron chi connectivity index (χ4n) is 2.47. The van der Waals surface area contributed by atoms with Crippen molar-refractivity contribution in [2.75, 3.05) is 0 Å². The number of aliphatic hydroxyl groups excluding tert-OH is 1. The third-order valence-electron chi connectivity index (χ3n) is 3.57. The Bertz CT molecular complexity index is 414. The average Bonchev–Trinajstić information content (AvgIpc) is 2.81. The molecule has 2 atom stereocenters. The Balaban J connectivity index is 2.05. The van der Waals surface area contributed by atoms with Crippen molar-refractivity contribution in [2.45, 2.75) is 57.6 Å². The lowest BCUT2D eigenvalue weighted by molar-refractivity contribution is 0.0719. The van der Waals surface area contributed by atoms with E-state index in [0.29, 0.717) is 5.92 Å². The molecule has 1 aromatic heterocycles. The average molecular weight is 267 g/mol. The summed E-state index contributed by atoms with van der Waals surface area (Å²) < 4.78 is 0. The summed E-state index contributed by atoms with van der Waals surface area (Å²) in [7, 11) is 0. The molecule has 1 aliphatic carbocycles. The largest absolute Gasteiger partial charge is 0.391 e. The van der Waals surface area contributed by atoms with E-state index in [1.54, 1.807) is 0 Å². The lowest BCUT2D eigenvalue weighted by atomic mass is 9.92. The lowest BCUT2D eigenvalue weighted by Gasteiger charge is -2.28. The molecule has 0 saturated heterocycles. The Hall–Kier alpha value is -0.870. The highest BCUT2D eigenvalue weighted by Gasteiger charge is 2.26. The summed E-state index contributed by atoms with van der Waals surface area (Å²) in [5, 5.41) is 14.8. The summed E-state index contributed by atoms with van der Waals surface area (Å²) in [6.07, 6.45) is 3.44. The molecule has 4 heteroatoms. The number of hydrogen-bond acceptors (Lipinski definition) is 3. The zero-order chi connectivity index (χ0) is 13.1. The van der Waals surface area contributed by atoms with Crippen molar-refractivity contribution in [1.29, 1.82) is 0 Å². The second-order valence-corrected chi connectivity index (χ2v) is 6.21. The molecular formula is C14H21NO2S. The van der Waals surface area contributed by atoms with Crippen molar-refractivity contribution in [3.63, 3.8) is 0 Å². The molecule has 2 N–H and O–H groups in total. The van der Waals surface area contributed by atoms with Crippen LogP contribution in [0.4, 0.5) is 0 Å². The van der Waals surface area contributed by atoms with Crippen molar-refractivity contribution in [3.8, 4) is 0 Å². The molecular weight excluding hydrogens is 246 g/mol. The third kappa shape index (κ3) is 2.93. The normalized spacial score (nSPS) is 24.2. The van der Waals surface area contributed by atoms with Gasteiger partial charge in [0, 0.05) is 0 Å². The molecule has 100 valence electrons. The minimum Gasteiger partial charge on any atom is -0.391 e. The second-order valence-electron chi connectivity index (χ2n) is 5.29. The molecule has 3 nitrogen and oxygen atoms in total. The van der Waals surface area contributed by atoms with Gasteiger partial charge in [-0.05, 0) is 35.8 Å². The number of aliphatic hydroxyl groups is 1. The first kappa shape index (κ1) is 13.6. The molecule has 1 aliphatic rings. The molecule has 0 spiro atoms. The van der Waals surface area contributed by atoms with Gasteiger partial charge in [0.05, 0.1) is 17.0 Å². The van der Waals surface area contributed by atoms with E-state index in [9.17, 15) is 9.90 Å². The van der Waals surface area contributed by atoms with Gasteiger partial charge in [-0.2, -0.15) is 0 Å². The number of amides is 1. The van der Waals surface area contributed by atoms with Gasteiger partial charge in [0.2, 0.25) is 0 Å². The van der Waals surface area contributed by atoms with Gasteiger partial charge in [0.25, 0.3) is 5.91 Å². The highest BCUT2D eigenvalue weighted by Crippen LogP contribution is 2.25. The fourth-order valence-corrected chi connectivity index (χ4v) is 3.43. The van der Waals surface area contributed by atoms with Crippen LogP contribution in [0, 0.1) is 0 Å². The maximum atomic E-state index is 12.2. The molecule has 1 heterocycles. The van der Waals surface area contributed by atoms with Crippen LogP contribution >= 0.6 is 11.3 Å². The minimum absolute atomic E-state index is 0.0281. The van der Waals surface area contributed by atoms with E-state index >= 15 is 0 Å². The van der Waals surface area contributed by atoms with E-state index in [-0.39, 0.29) is 18.1 Å². The number of nitrogens with one attached hydrogen (secondary N) is 1. The van der Waals surface area contributed by atoms with Gasteiger partial charge in [-0.3, -0.25) is 4.79 Å². The number of thiophene rings is 1. The first-order valence-electron chi connectivity index (χ1n) is 6.66. The van der Waals surface area contributed by atoms with Crippen LogP contribution < -0.4 is 5.32 Å². The molecule has 1 aromatic rings. The van der Waals surface area contributed by atoms with E-state index in [2.05, 4.69) is 19.2 Å². The Kier molecular flexibility index (Phi) is 4.40. The van der Waals surface area contributed by atoms with Crippen LogP contribution in [-0.4, -0.2) is 23.2 Å². The fraction of sp³-hybridized carbons (Fsp3) is 0.643. The molecule has 1 amide bonds. The topological polar surface area (TPSA) is 49.3 Å². The van der Waals surface area contributed by atoms with E-state index in [1.807, 2.05) is 11.4 Å². The zero-order valence-electron chi connectivity index (χ0n) is 11.0. The number of rotatable bonds is 3. The first-order chi connectivity index (χ1) is 8.59. The van der Waals surface area contributed by atoms with Crippen LogP contribution in [0.15, 0.2) is 11.4 Å². The lowest BCUT2D eigenvalue weighted by Crippen LogP contribution is -2.45. The molecule has 0 aromatic carbocycles. The van der Waals surface area contributed by atoms with E-state index in [4.69, 9.17) is 0 Å². The molecule has 18 heavy (non-hydrogen) atoms. The minimum atomic E-state index is -0.384. The monoisotopic (exact) mass is 267 g/mol. The molecule has 0 bridgehead atoms. The van der Waals surface area contributed by atoms with Crippen LogP contribution in [0.3, 0.4) is 0 Å². The maximum absolute atomic E-state index is 12.2. The molecule has 2 rings (SSSR count). The van der Waals surface area contributed by atoms with Crippen molar-refractivity contribution in [1.82, 2.24) is 5.32 Å². The van der Waals surface area contributed by atoms with Gasteiger partial charge in [0.15, 0.2) is 0 Å². The zero-order valence-corrected chi connectivity index (χ0v) is 11.8. The highest BCUT2D eigenvalue weighted by atomic mass is 32.1. The van der Waals surface area contributed by atoms with Gasteiger partial charge in [-0.25, -0.2) is 0 Å². The second kappa shape index (κ2) is 5.85. The predicted octanol–water partition coefficient (Wildman–Crippen LogP) is 2.90. The quantitative estimate of drug-likeness (QED) is 0.884. The summed E-state index contributed by atoms with van der Waals surface area (Å²) in [6, 6.07) is 1.94. The first-order valence-corrected chi connectivity index (χ1v) is 7.54. The molecule has 0 radical (unpaired) electrons. The number of carbonyl (C=O) groups is 1. The molecule has 1 fully saturated rings. The van der Waals surface area contributed by atoms with E-state index in [0.717, 1.165) is 36.1 Å². The van der Waals surface area contributed by atoms with E-state index < -0.39 is 0 Å².